The van der Waals surface area contributed by atoms with Crippen molar-refractivity contribution in [2.75, 3.05) is 18.4 Å². The van der Waals surface area contributed by atoms with Gasteiger partial charge < -0.3 is 15.2 Å². The Labute approximate surface area is 144 Å². The lowest BCUT2D eigenvalue weighted by molar-refractivity contribution is 0.311. The van der Waals surface area contributed by atoms with Crippen molar-refractivity contribution in [1.29, 1.82) is 0 Å². The Morgan fingerprint density at radius 2 is 1.83 bits per heavy atom. The lowest BCUT2D eigenvalue weighted by atomic mass is 10.0. The molecule has 2 N–H and O–H groups in total. The van der Waals surface area contributed by atoms with E-state index in [-0.39, 0.29) is 0 Å². The first kappa shape index (κ1) is 14.8. The summed E-state index contributed by atoms with van der Waals surface area (Å²) in [6.07, 6.45) is 0. The molecule has 6 heteroatoms. The van der Waals surface area contributed by atoms with E-state index in [0.29, 0.717) is 21.7 Å². The van der Waals surface area contributed by atoms with E-state index < -0.39 is 0 Å². The quantitative estimate of drug-likeness (QED) is 0.739. The second kappa shape index (κ2) is 6.04. The second-order valence-electron chi connectivity index (χ2n) is 5.78. The van der Waals surface area contributed by atoms with Gasteiger partial charge >= 0.3 is 0 Å². The van der Waals surface area contributed by atoms with Crippen molar-refractivity contribution in [2.24, 2.45) is 5.92 Å². The number of rotatable bonds is 4. The van der Waals surface area contributed by atoms with Crippen molar-refractivity contribution >= 4 is 45.9 Å². The molecule has 0 spiro atoms. The number of benzene rings is 2. The number of para-hydroxylation sites is 3. The molecule has 1 fully saturated rings. The van der Waals surface area contributed by atoms with Crippen LogP contribution in [0.3, 0.4) is 0 Å². The molecular formula is C17H16Cl2N4. The van der Waals surface area contributed by atoms with E-state index in [9.17, 15) is 0 Å². The molecule has 4 nitrogen and oxygen atoms in total. The van der Waals surface area contributed by atoms with E-state index in [1.54, 1.807) is 0 Å². The summed E-state index contributed by atoms with van der Waals surface area (Å²) in [5.41, 5.74) is 2.77. The normalized spacial score (nSPS) is 14.9. The van der Waals surface area contributed by atoms with Crippen LogP contribution in [0.15, 0.2) is 42.5 Å². The zero-order valence-electron chi connectivity index (χ0n) is 12.4. The smallest absolute Gasteiger partial charge is 0.208 e. The van der Waals surface area contributed by atoms with Gasteiger partial charge in [0, 0.05) is 25.6 Å². The predicted molar refractivity (Wildman–Crippen MR) is 95.8 cm³/mol. The van der Waals surface area contributed by atoms with E-state index in [2.05, 4.69) is 21.3 Å². The van der Waals surface area contributed by atoms with E-state index in [1.165, 1.54) is 0 Å². The summed E-state index contributed by atoms with van der Waals surface area (Å²) in [5.74, 6) is 1.39. The van der Waals surface area contributed by atoms with Crippen LogP contribution in [0.1, 0.15) is 0 Å². The van der Waals surface area contributed by atoms with E-state index in [1.807, 2.05) is 36.4 Å². The van der Waals surface area contributed by atoms with Gasteiger partial charge in [-0.15, -0.1) is 0 Å². The van der Waals surface area contributed by atoms with Crippen molar-refractivity contribution in [1.82, 2.24) is 14.9 Å². The molecule has 1 aliphatic rings. The van der Waals surface area contributed by atoms with Crippen molar-refractivity contribution < 1.29 is 0 Å². The Hall–Kier alpha value is -1.75. The Kier molecular flexibility index (Phi) is 3.89. The Morgan fingerprint density at radius 3 is 2.52 bits per heavy atom. The van der Waals surface area contributed by atoms with Crippen LogP contribution in [0, 0.1) is 5.92 Å². The molecule has 4 rings (SSSR count). The molecule has 118 valence electrons. The molecule has 0 radical (unpaired) electrons. The van der Waals surface area contributed by atoms with Gasteiger partial charge in [0.1, 0.15) is 0 Å². The van der Waals surface area contributed by atoms with Gasteiger partial charge in [0.2, 0.25) is 5.95 Å². The number of imidazole rings is 1. The minimum Gasteiger partial charge on any atom is -0.323 e. The molecule has 2 aromatic carbocycles. The summed E-state index contributed by atoms with van der Waals surface area (Å²) in [4.78, 5) is 4.72. The number of nitrogens with zero attached hydrogens (tertiary/aromatic N) is 2. The van der Waals surface area contributed by atoms with Crippen LogP contribution in [-0.2, 0) is 6.54 Å². The average molecular weight is 347 g/mol. The number of fused-ring (bicyclic) bond motifs is 1. The highest BCUT2D eigenvalue weighted by molar-refractivity contribution is 6.39. The summed E-state index contributed by atoms with van der Waals surface area (Å²) in [5, 5.41) is 7.80. The van der Waals surface area contributed by atoms with Gasteiger partial charge in [-0.1, -0.05) is 41.4 Å². The monoisotopic (exact) mass is 346 g/mol. The molecule has 0 atom stereocenters. The van der Waals surface area contributed by atoms with Crippen LogP contribution in [0.5, 0.6) is 0 Å². The van der Waals surface area contributed by atoms with Crippen LogP contribution in [0.25, 0.3) is 11.0 Å². The van der Waals surface area contributed by atoms with Crippen molar-refractivity contribution in [3.05, 3.63) is 52.5 Å². The first-order valence-corrected chi connectivity index (χ1v) is 8.35. The van der Waals surface area contributed by atoms with Crippen LogP contribution < -0.4 is 10.6 Å². The lowest BCUT2D eigenvalue weighted by Crippen LogP contribution is -2.44. The molecule has 0 unspecified atom stereocenters. The van der Waals surface area contributed by atoms with Gasteiger partial charge in [-0.2, -0.15) is 0 Å². The first-order valence-electron chi connectivity index (χ1n) is 7.59. The van der Waals surface area contributed by atoms with Crippen LogP contribution in [0.4, 0.5) is 11.6 Å². The number of nitrogens with one attached hydrogen (secondary N) is 2. The molecule has 0 saturated carbocycles. The SMILES string of the molecule is Clc1cccc(Cl)c1Nc1nc2ccccc2n1CC1CNC1. The predicted octanol–water partition coefficient (Wildman–Crippen LogP) is 4.31. The fourth-order valence-electron chi connectivity index (χ4n) is 2.82. The molecular weight excluding hydrogens is 331 g/mol. The minimum absolute atomic E-state index is 0.585. The van der Waals surface area contributed by atoms with Crippen LogP contribution >= 0.6 is 23.2 Å². The highest BCUT2D eigenvalue weighted by Gasteiger charge is 2.21. The number of aromatic nitrogens is 2. The Morgan fingerprint density at radius 1 is 1.09 bits per heavy atom. The highest BCUT2D eigenvalue weighted by Crippen LogP contribution is 2.33. The van der Waals surface area contributed by atoms with Gasteiger partial charge in [-0.05, 0) is 24.3 Å². The molecule has 1 aromatic heterocycles. The fourth-order valence-corrected chi connectivity index (χ4v) is 3.31. The minimum atomic E-state index is 0.585. The number of hydrogen-bond acceptors (Lipinski definition) is 3. The third-order valence-corrected chi connectivity index (χ3v) is 4.79. The van der Waals surface area contributed by atoms with Crippen molar-refractivity contribution in [3.63, 3.8) is 0 Å². The maximum atomic E-state index is 6.28. The topological polar surface area (TPSA) is 41.9 Å². The zero-order chi connectivity index (χ0) is 15.8. The lowest BCUT2D eigenvalue weighted by Gasteiger charge is -2.28. The third-order valence-electron chi connectivity index (χ3n) is 4.16. The maximum Gasteiger partial charge on any atom is 0.208 e. The standard InChI is InChI=1S/C17H16Cl2N4/c18-12-4-3-5-13(19)16(12)22-17-21-14-6-1-2-7-15(14)23(17)10-11-8-20-9-11/h1-7,11,20H,8-10H2,(H,21,22). The molecule has 0 amide bonds. The van der Waals surface area contributed by atoms with E-state index in [0.717, 1.165) is 36.6 Å². The van der Waals surface area contributed by atoms with E-state index >= 15 is 0 Å². The molecule has 1 saturated heterocycles. The zero-order valence-corrected chi connectivity index (χ0v) is 13.9. The Balaban J connectivity index is 1.77. The summed E-state index contributed by atoms with van der Waals surface area (Å²) in [6, 6.07) is 13.6. The third kappa shape index (κ3) is 2.78. The summed E-state index contributed by atoms with van der Waals surface area (Å²) in [6.45, 7) is 3.00. The molecule has 0 bridgehead atoms. The Bertz CT molecular complexity index is 835. The number of halogens is 2. The van der Waals surface area contributed by atoms with Gasteiger partial charge in [-0.25, -0.2) is 4.98 Å². The van der Waals surface area contributed by atoms with Gasteiger partial charge in [0.05, 0.1) is 26.8 Å². The number of anilines is 2. The van der Waals surface area contributed by atoms with Gasteiger partial charge in [0.25, 0.3) is 0 Å². The average Bonchev–Trinajstić information content (AvgIpc) is 2.84. The summed E-state index contributed by atoms with van der Waals surface area (Å²) >= 11 is 12.6. The highest BCUT2D eigenvalue weighted by atomic mass is 35.5. The maximum absolute atomic E-state index is 6.28. The summed E-state index contributed by atoms with van der Waals surface area (Å²) in [7, 11) is 0. The number of hydrogen-bond donors (Lipinski definition) is 2. The molecule has 2 heterocycles. The largest absolute Gasteiger partial charge is 0.323 e. The second-order valence-corrected chi connectivity index (χ2v) is 6.60. The molecule has 0 aliphatic carbocycles. The molecule has 23 heavy (non-hydrogen) atoms. The van der Waals surface area contributed by atoms with Crippen molar-refractivity contribution in [3.8, 4) is 0 Å². The first-order chi connectivity index (χ1) is 11.2. The van der Waals surface area contributed by atoms with Gasteiger partial charge in [0.15, 0.2) is 0 Å². The summed E-state index contributed by atoms with van der Waals surface area (Å²) < 4.78 is 2.21. The van der Waals surface area contributed by atoms with Crippen LogP contribution in [0.2, 0.25) is 10.0 Å². The molecule has 1 aliphatic heterocycles. The fraction of sp³-hybridized carbons (Fsp3) is 0.235. The van der Waals surface area contributed by atoms with Crippen LogP contribution in [-0.4, -0.2) is 22.6 Å². The van der Waals surface area contributed by atoms with E-state index in [4.69, 9.17) is 28.2 Å². The van der Waals surface area contributed by atoms with Crippen molar-refractivity contribution in [2.45, 2.75) is 6.54 Å². The van der Waals surface area contributed by atoms with Gasteiger partial charge in [-0.3, -0.25) is 0 Å². The molecule has 3 aromatic rings.